The van der Waals surface area contributed by atoms with Crippen LogP contribution in [-0.4, -0.2) is 15.7 Å². The fraction of sp³-hybridized carbons (Fsp3) is 0.0909. The number of anilines is 1. The van der Waals surface area contributed by atoms with Crippen molar-refractivity contribution in [2.24, 2.45) is 0 Å². The number of hydrogen-bond donors (Lipinski definition) is 1. The number of nitrogens with zero attached hydrogens (tertiary/aromatic N) is 2. The number of benzene rings is 2. The molecule has 2 aromatic heterocycles. The standard InChI is InChI=1S/C22H18FN3O2S/c23-18-7-4-8-20(10-18)28-14-17-9-21(29-15-17)22(27)25-19-11-24-26(13-19)12-16-5-2-1-3-6-16/h1-11,13,15H,12,14H2,(H,25,27). The molecule has 4 rings (SSSR count). The van der Waals surface area contributed by atoms with Crippen LogP contribution in [0.1, 0.15) is 20.8 Å². The van der Waals surface area contributed by atoms with Crippen molar-refractivity contribution in [2.75, 3.05) is 5.32 Å². The lowest BCUT2D eigenvalue weighted by molar-refractivity contribution is 0.103. The molecule has 0 saturated heterocycles. The summed E-state index contributed by atoms with van der Waals surface area (Å²) in [5, 5.41) is 9.00. The molecule has 0 fully saturated rings. The molecule has 2 aromatic carbocycles. The van der Waals surface area contributed by atoms with Crippen molar-refractivity contribution in [1.29, 1.82) is 0 Å². The second-order valence-corrected chi connectivity index (χ2v) is 7.34. The Bertz CT molecular complexity index is 1110. The Balaban J connectivity index is 1.33. The van der Waals surface area contributed by atoms with Gasteiger partial charge >= 0.3 is 0 Å². The van der Waals surface area contributed by atoms with Gasteiger partial charge in [0.05, 0.1) is 23.3 Å². The summed E-state index contributed by atoms with van der Waals surface area (Å²) < 4.78 is 20.5. The molecular formula is C22H18FN3O2S. The third kappa shape index (κ3) is 5.08. The van der Waals surface area contributed by atoms with Crippen LogP contribution in [0.5, 0.6) is 5.75 Å². The van der Waals surface area contributed by atoms with E-state index >= 15 is 0 Å². The minimum atomic E-state index is -0.347. The van der Waals surface area contributed by atoms with Crippen LogP contribution in [0.4, 0.5) is 10.1 Å². The van der Waals surface area contributed by atoms with Crippen molar-refractivity contribution in [3.05, 3.63) is 100 Å². The monoisotopic (exact) mass is 407 g/mol. The number of hydrogen-bond acceptors (Lipinski definition) is 4. The fourth-order valence-corrected chi connectivity index (χ4v) is 3.56. The molecule has 0 spiro atoms. The highest BCUT2D eigenvalue weighted by molar-refractivity contribution is 7.12. The lowest BCUT2D eigenvalue weighted by Gasteiger charge is -2.04. The molecule has 0 atom stereocenters. The quantitative estimate of drug-likeness (QED) is 0.471. The molecular weight excluding hydrogens is 389 g/mol. The lowest BCUT2D eigenvalue weighted by Crippen LogP contribution is -2.09. The molecule has 2 heterocycles. The second-order valence-electron chi connectivity index (χ2n) is 6.43. The van der Waals surface area contributed by atoms with E-state index in [1.807, 2.05) is 35.7 Å². The maximum atomic E-state index is 13.2. The van der Waals surface area contributed by atoms with Crippen LogP contribution < -0.4 is 10.1 Å². The molecule has 0 aliphatic rings. The van der Waals surface area contributed by atoms with E-state index in [0.29, 0.717) is 22.9 Å². The molecule has 0 radical (unpaired) electrons. The Hall–Kier alpha value is -3.45. The average molecular weight is 407 g/mol. The van der Waals surface area contributed by atoms with E-state index in [-0.39, 0.29) is 18.3 Å². The van der Waals surface area contributed by atoms with E-state index in [4.69, 9.17) is 4.74 Å². The fourth-order valence-electron chi connectivity index (χ4n) is 2.77. The summed E-state index contributed by atoms with van der Waals surface area (Å²) in [6, 6.07) is 17.7. The first-order valence-corrected chi connectivity index (χ1v) is 9.87. The van der Waals surface area contributed by atoms with Gasteiger partial charge in [-0.15, -0.1) is 11.3 Å². The normalized spacial score (nSPS) is 10.7. The number of amides is 1. The maximum Gasteiger partial charge on any atom is 0.265 e. The van der Waals surface area contributed by atoms with Crippen molar-refractivity contribution >= 4 is 22.9 Å². The predicted octanol–water partition coefficient (Wildman–Crippen LogP) is 4.96. The Morgan fingerprint density at radius 1 is 1.10 bits per heavy atom. The van der Waals surface area contributed by atoms with Crippen molar-refractivity contribution in [3.63, 3.8) is 0 Å². The zero-order valence-electron chi connectivity index (χ0n) is 15.4. The molecule has 0 bridgehead atoms. The summed E-state index contributed by atoms with van der Waals surface area (Å²) in [7, 11) is 0. The first kappa shape index (κ1) is 18.9. The van der Waals surface area contributed by atoms with E-state index in [9.17, 15) is 9.18 Å². The topological polar surface area (TPSA) is 56.2 Å². The molecule has 0 unspecified atom stereocenters. The molecule has 4 aromatic rings. The number of aromatic nitrogens is 2. The highest BCUT2D eigenvalue weighted by atomic mass is 32.1. The van der Waals surface area contributed by atoms with Crippen molar-refractivity contribution in [1.82, 2.24) is 9.78 Å². The Labute approximate surface area is 171 Å². The molecule has 7 heteroatoms. The van der Waals surface area contributed by atoms with E-state index in [2.05, 4.69) is 10.4 Å². The Kier molecular flexibility index (Phi) is 5.67. The zero-order chi connectivity index (χ0) is 20.1. The molecule has 1 amide bonds. The van der Waals surface area contributed by atoms with Gasteiger partial charge < -0.3 is 10.1 Å². The second kappa shape index (κ2) is 8.70. The minimum Gasteiger partial charge on any atom is -0.489 e. The number of carbonyl (C=O) groups excluding carboxylic acids is 1. The smallest absolute Gasteiger partial charge is 0.265 e. The number of carbonyl (C=O) groups is 1. The molecule has 0 saturated carbocycles. The first-order valence-electron chi connectivity index (χ1n) is 8.99. The third-order valence-electron chi connectivity index (χ3n) is 4.16. The third-order valence-corrected chi connectivity index (χ3v) is 5.14. The number of nitrogens with one attached hydrogen (secondary N) is 1. The molecule has 146 valence electrons. The van der Waals surface area contributed by atoms with Crippen LogP contribution in [-0.2, 0) is 13.2 Å². The van der Waals surface area contributed by atoms with Crippen LogP contribution in [0.3, 0.4) is 0 Å². The Morgan fingerprint density at radius 3 is 2.79 bits per heavy atom. The summed E-state index contributed by atoms with van der Waals surface area (Å²) in [5.74, 6) is -0.0972. The van der Waals surface area contributed by atoms with Gasteiger partial charge in [0.2, 0.25) is 0 Å². The summed E-state index contributed by atoms with van der Waals surface area (Å²) >= 11 is 1.33. The molecule has 1 N–H and O–H groups in total. The molecule has 5 nitrogen and oxygen atoms in total. The first-order chi connectivity index (χ1) is 14.2. The number of halogens is 1. The van der Waals surface area contributed by atoms with Crippen LogP contribution in [0, 0.1) is 5.82 Å². The van der Waals surface area contributed by atoms with Gasteiger partial charge in [0, 0.05) is 17.8 Å². The molecule has 0 aliphatic carbocycles. The van der Waals surface area contributed by atoms with E-state index in [1.165, 1.54) is 23.5 Å². The van der Waals surface area contributed by atoms with Gasteiger partial charge in [-0.05, 0) is 29.1 Å². The summed E-state index contributed by atoms with van der Waals surface area (Å²) in [4.78, 5) is 13.1. The van der Waals surface area contributed by atoms with Crippen LogP contribution >= 0.6 is 11.3 Å². The summed E-state index contributed by atoms with van der Waals surface area (Å²) in [6.45, 7) is 0.902. The number of rotatable bonds is 7. The van der Waals surface area contributed by atoms with Crippen molar-refractivity contribution < 1.29 is 13.9 Å². The zero-order valence-corrected chi connectivity index (χ0v) is 16.2. The highest BCUT2D eigenvalue weighted by Crippen LogP contribution is 2.20. The average Bonchev–Trinajstić information content (AvgIpc) is 3.37. The van der Waals surface area contributed by atoms with Gasteiger partial charge in [-0.3, -0.25) is 9.48 Å². The van der Waals surface area contributed by atoms with Crippen LogP contribution in [0.25, 0.3) is 0 Å². The molecule has 29 heavy (non-hydrogen) atoms. The number of thiophene rings is 1. The van der Waals surface area contributed by atoms with Crippen LogP contribution in [0.15, 0.2) is 78.4 Å². The van der Waals surface area contributed by atoms with Gasteiger partial charge in [0.15, 0.2) is 0 Å². The van der Waals surface area contributed by atoms with Gasteiger partial charge in [0.25, 0.3) is 5.91 Å². The van der Waals surface area contributed by atoms with Crippen LogP contribution in [0.2, 0.25) is 0 Å². The summed E-state index contributed by atoms with van der Waals surface area (Å²) in [5.41, 5.74) is 2.62. The lowest BCUT2D eigenvalue weighted by atomic mass is 10.2. The summed E-state index contributed by atoms with van der Waals surface area (Å²) in [6.07, 6.45) is 3.43. The van der Waals surface area contributed by atoms with Gasteiger partial charge in [-0.1, -0.05) is 36.4 Å². The molecule has 0 aliphatic heterocycles. The van der Waals surface area contributed by atoms with Gasteiger partial charge in [-0.2, -0.15) is 5.10 Å². The highest BCUT2D eigenvalue weighted by Gasteiger charge is 2.11. The number of ether oxygens (including phenoxy) is 1. The van der Waals surface area contributed by atoms with E-state index in [1.54, 1.807) is 35.3 Å². The Morgan fingerprint density at radius 2 is 1.97 bits per heavy atom. The van der Waals surface area contributed by atoms with E-state index < -0.39 is 0 Å². The van der Waals surface area contributed by atoms with Crippen molar-refractivity contribution in [3.8, 4) is 5.75 Å². The van der Waals surface area contributed by atoms with Gasteiger partial charge in [0.1, 0.15) is 18.2 Å². The van der Waals surface area contributed by atoms with E-state index in [0.717, 1.165) is 11.1 Å². The maximum absolute atomic E-state index is 13.2. The SMILES string of the molecule is O=C(Nc1cnn(Cc2ccccc2)c1)c1cc(COc2cccc(F)c2)cs1. The minimum absolute atomic E-state index is 0.203. The predicted molar refractivity (Wildman–Crippen MR) is 111 cm³/mol. The van der Waals surface area contributed by atoms with Crippen molar-refractivity contribution in [2.45, 2.75) is 13.2 Å². The van der Waals surface area contributed by atoms with Gasteiger partial charge in [-0.25, -0.2) is 4.39 Å². The largest absolute Gasteiger partial charge is 0.489 e.